The molecule has 0 unspecified atom stereocenters. The molecule has 3 N–H and O–H groups in total. The minimum absolute atomic E-state index is 0.0227. The lowest BCUT2D eigenvalue weighted by molar-refractivity contribution is -0.128. The highest BCUT2D eigenvalue weighted by Gasteiger charge is 2.04. The Morgan fingerprint density at radius 2 is 2.06 bits per heavy atom. The van der Waals surface area contributed by atoms with Gasteiger partial charge in [-0.2, -0.15) is 5.10 Å². The lowest BCUT2D eigenvalue weighted by atomic mass is 10.3. The smallest absolute Gasteiger partial charge is 0.348 e. The van der Waals surface area contributed by atoms with Crippen LogP contribution in [0.4, 0.5) is 14.9 Å². The first kappa shape index (κ1) is 11.6. The van der Waals surface area contributed by atoms with Crippen molar-refractivity contribution in [2.45, 2.75) is 0 Å². The topological polar surface area (TPSA) is 90.8 Å². The number of hydrazone groups is 1. The van der Waals surface area contributed by atoms with E-state index in [1.807, 2.05) is 5.43 Å². The third-order valence-electron chi connectivity index (χ3n) is 1.46. The fourth-order valence-corrected chi connectivity index (χ4v) is 0.859. The quantitative estimate of drug-likeness (QED) is 0.529. The Hall–Kier alpha value is -2.44. The average Bonchev–Trinajstić information content (AvgIpc) is 2.21. The van der Waals surface area contributed by atoms with Crippen LogP contribution in [0.2, 0.25) is 0 Å². The summed E-state index contributed by atoms with van der Waals surface area (Å²) in [6, 6.07) is 4.72. The van der Waals surface area contributed by atoms with E-state index in [1.165, 1.54) is 18.2 Å². The lowest BCUT2D eigenvalue weighted by Crippen LogP contribution is -2.25. The first-order chi connectivity index (χ1) is 7.59. The van der Waals surface area contributed by atoms with Gasteiger partial charge < -0.3 is 10.4 Å². The molecule has 0 aliphatic heterocycles. The Morgan fingerprint density at radius 3 is 2.69 bits per heavy atom. The summed E-state index contributed by atoms with van der Waals surface area (Å²) < 4.78 is 13.0. The number of halogens is 1. The number of nitrogens with zero attached hydrogens (tertiary/aromatic N) is 1. The van der Waals surface area contributed by atoms with E-state index >= 15 is 0 Å². The number of aliphatic carboxylic acids is 1. The molecule has 0 saturated heterocycles. The molecular formula is C9H8FN3O3. The van der Waals surface area contributed by atoms with Gasteiger partial charge in [0.05, 0.1) is 5.69 Å². The summed E-state index contributed by atoms with van der Waals surface area (Å²) in [5.41, 5.74) is 1.84. The molecule has 1 aromatic carbocycles. The van der Waals surface area contributed by atoms with Crippen molar-refractivity contribution in [2.24, 2.45) is 5.10 Å². The maximum Gasteiger partial charge on any atom is 0.348 e. The van der Waals surface area contributed by atoms with Gasteiger partial charge in [-0.25, -0.2) is 19.4 Å². The summed E-state index contributed by atoms with van der Waals surface area (Å²) in [6.07, 6.45) is 0.501. The number of nitrogens with one attached hydrogen (secondary N) is 2. The molecule has 1 aromatic rings. The lowest BCUT2D eigenvalue weighted by Gasteiger charge is -2.04. The van der Waals surface area contributed by atoms with Crippen LogP contribution >= 0.6 is 0 Å². The molecule has 0 aliphatic rings. The van der Waals surface area contributed by atoms with Crippen molar-refractivity contribution in [1.29, 1.82) is 0 Å². The number of benzene rings is 1. The van der Waals surface area contributed by atoms with E-state index in [4.69, 9.17) is 5.11 Å². The fourth-order valence-electron chi connectivity index (χ4n) is 0.859. The zero-order valence-corrected chi connectivity index (χ0v) is 7.98. The monoisotopic (exact) mass is 225 g/mol. The molecular weight excluding hydrogens is 217 g/mol. The zero-order chi connectivity index (χ0) is 12.0. The van der Waals surface area contributed by atoms with Gasteiger partial charge in [-0.3, -0.25) is 0 Å². The highest BCUT2D eigenvalue weighted by atomic mass is 19.1. The average molecular weight is 225 g/mol. The van der Waals surface area contributed by atoms with Crippen LogP contribution in [0.25, 0.3) is 0 Å². The largest absolute Gasteiger partial charge is 0.477 e. The van der Waals surface area contributed by atoms with Crippen LogP contribution in [0.15, 0.2) is 29.4 Å². The SMILES string of the molecule is O=C(O)C=NNC(=O)Nc1ccccc1F. The number of carbonyl (C=O) groups excluding carboxylic acids is 1. The number of carbonyl (C=O) groups is 2. The molecule has 7 heteroatoms. The molecule has 0 heterocycles. The Kier molecular flexibility index (Phi) is 3.96. The first-order valence-electron chi connectivity index (χ1n) is 4.17. The molecule has 0 spiro atoms. The second-order valence-electron chi connectivity index (χ2n) is 2.64. The van der Waals surface area contributed by atoms with Gasteiger partial charge in [0.15, 0.2) is 0 Å². The van der Waals surface area contributed by atoms with Gasteiger partial charge in [0.2, 0.25) is 0 Å². The summed E-state index contributed by atoms with van der Waals surface area (Å²) in [6.45, 7) is 0. The molecule has 0 radical (unpaired) electrons. The van der Waals surface area contributed by atoms with Crippen LogP contribution in [0, 0.1) is 5.82 Å². The normalized spacial score (nSPS) is 10.1. The second-order valence-corrected chi connectivity index (χ2v) is 2.64. The van der Waals surface area contributed by atoms with Crippen molar-refractivity contribution < 1.29 is 19.1 Å². The second kappa shape index (κ2) is 5.44. The Bertz CT molecular complexity index is 434. The third-order valence-corrected chi connectivity index (χ3v) is 1.46. The van der Waals surface area contributed by atoms with Gasteiger partial charge in [0, 0.05) is 0 Å². The van der Waals surface area contributed by atoms with Crippen molar-refractivity contribution in [3.05, 3.63) is 30.1 Å². The van der Waals surface area contributed by atoms with Crippen molar-refractivity contribution in [1.82, 2.24) is 5.43 Å². The van der Waals surface area contributed by atoms with Gasteiger partial charge in [-0.1, -0.05) is 12.1 Å². The molecule has 84 valence electrons. The van der Waals surface area contributed by atoms with Crippen LogP contribution in [-0.4, -0.2) is 23.3 Å². The molecule has 1 rings (SSSR count). The standard InChI is InChI=1S/C9H8FN3O3/c10-6-3-1-2-4-7(6)12-9(16)13-11-5-8(14)15/h1-5H,(H,14,15)(H2,12,13,16). The predicted octanol–water partition coefficient (Wildman–Crippen LogP) is 1.02. The van der Waals surface area contributed by atoms with Crippen molar-refractivity contribution in [2.75, 3.05) is 5.32 Å². The number of hydrogen-bond donors (Lipinski definition) is 3. The molecule has 16 heavy (non-hydrogen) atoms. The number of amides is 2. The Morgan fingerprint density at radius 1 is 1.38 bits per heavy atom. The predicted molar refractivity (Wildman–Crippen MR) is 54.7 cm³/mol. The van der Waals surface area contributed by atoms with Crippen LogP contribution in [-0.2, 0) is 4.79 Å². The fraction of sp³-hybridized carbons (Fsp3) is 0. The maximum atomic E-state index is 13.0. The molecule has 0 aromatic heterocycles. The van der Waals surface area contributed by atoms with Crippen molar-refractivity contribution >= 4 is 23.9 Å². The number of hydrogen-bond acceptors (Lipinski definition) is 3. The molecule has 2 amide bonds. The van der Waals surface area contributed by atoms with E-state index in [0.29, 0.717) is 6.21 Å². The van der Waals surface area contributed by atoms with Gasteiger partial charge in [-0.15, -0.1) is 0 Å². The van der Waals surface area contributed by atoms with Crippen LogP contribution in [0.5, 0.6) is 0 Å². The molecule has 0 saturated carbocycles. The van der Waals surface area contributed by atoms with E-state index in [-0.39, 0.29) is 5.69 Å². The van der Waals surface area contributed by atoms with Gasteiger partial charge in [0.1, 0.15) is 12.0 Å². The summed E-state index contributed by atoms with van der Waals surface area (Å²) in [4.78, 5) is 21.1. The number of anilines is 1. The maximum absolute atomic E-state index is 13.0. The van der Waals surface area contributed by atoms with E-state index in [1.54, 1.807) is 6.07 Å². The minimum atomic E-state index is -1.30. The number of urea groups is 1. The Labute approximate surface area is 89.8 Å². The molecule has 0 bridgehead atoms. The van der Waals surface area contributed by atoms with Crippen LogP contribution < -0.4 is 10.7 Å². The van der Waals surface area contributed by atoms with Gasteiger partial charge in [0.25, 0.3) is 0 Å². The highest BCUT2D eigenvalue weighted by Crippen LogP contribution is 2.11. The van der Waals surface area contributed by atoms with Crippen molar-refractivity contribution in [3.8, 4) is 0 Å². The summed E-state index contributed by atoms with van der Waals surface area (Å²) in [7, 11) is 0. The van der Waals surface area contributed by atoms with Crippen molar-refractivity contribution in [3.63, 3.8) is 0 Å². The van der Waals surface area contributed by atoms with E-state index in [2.05, 4.69) is 10.4 Å². The number of carboxylic acid groups (broad SMARTS) is 1. The zero-order valence-electron chi connectivity index (χ0n) is 7.98. The molecule has 0 aliphatic carbocycles. The highest BCUT2D eigenvalue weighted by molar-refractivity contribution is 6.22. The first-order valence-corrected chi connectivity index (χ1v) is 4.17. The van der Waals surface area contributed by atoms with E-state index in [9.17, 15) is 14.0 Å². The van der Waals surface area contributed by atoms with Crippen LogP contribution in [0.3, 0.4) is 0 Å². The third kappa shape index (κ3) is 3.74. The van der Waals surface area contributed by atoms with E-state index in [0.717, 1.165) is 0 Å². The number of para-hydroxylation sites is 1. The van der Waals surface area contributed by atoms with Gasteiger partial charge >= 0.3 is 12.0 Å². The summed E-state index contributed by atoms with van der Waals surface area (Å²) in [5, 5.41) is 13.4. The summed E-state index contributed by atoms with van der Waals surface area (Å²) in [5.74, 6) is -1.90. The van der Waals surface area contributed by atoms with Crippen LogP contribution in [0.1, 0.15) is 0 Å². The Balaban J connectivity index is 2.52. The molecule has 0 fully saturated rings. The molecule has 6 nitrogen and oxygen atoms in total. The number of carboxylic acids is 1. The van der Waals surface area contributed by atoms with Gasteiger partial charge in [-0.05, 0) is 12.1 Å². The number of rotatable bonds is 3. The molecule has 0 atom stereocenters. The minimum Gasteiger partial charge on any atom is -0.477 e. The summed E-state index contributed by atoms with van der Waals surface area (Å²) >= 11 is 0. The van der Waals surface area contributed by atoms with E-state index < -0.39 is 17.8 Å².